The molecule has 1 atom stereocenters. The minimum absolute atomic E-state index is 0.0746. The number of aromatic hydroxyl groups is 1. The van der Waals surface area contributed by atoms with Crippen LogP contribution in [0.25, 0.3) is 5.69 Å². The van der Waals surface area contributed by atoms with Crippen LogP contribution in [-0.4, -0.2) is 34.1 Å². The van der Waals surface area contributed by atoms with Gasteiger partial charge in [0.1, 0.15) is 17.1 Å². The van der Waals surface area contributed by atoms with E-state index in [0.717, 1.165) is 15.9 Å². The van der Waals surface area contributed by atoms with E-state index in [2.05, 4.69) is 15.5 Å². The van der Waals surface area contributed by atoms with Crippen LogP contribution in [0.5, 0.6) is 17.4 Å². The lowest BCUT2D eigenvalue weighted by molar-refractivity contribution is 0.332. The summed E-state index contributed by atoms with van der Waals surface area (Å²) in [6.07, 6.45) is 0.324. The molecule has 1 unspecified atom stereocenters. The summed E-state index contributed by atoms with van der Waals surface area (Å²) in [4.78, 5) is 27.4. The van der Waals surface area contributed by atoms with Gasteiger partial charge >= 0.3 is 5.69 Å². The van der Waals surface area contributed by atoms with E-state index in [1.807, 2.05) is 31.2 Å². The Bertz CT molecular complexity index is 1260. The molecule has 2 heterocycles. The number of rotatable bonds is 6. The van der Waals surface area contributed by atoms with Crippen molar-refractivity contribution in [1.29, 1.82) is 0 Å². The molecule has 3 aromatic rings. The van der Waals surface area contributed by atoms with Gasteiger partial charge < -0.3 is 20.0 Å². The van der Waals surface area contributed by atoms with Crippen LogP contribution in [0.15, 0.2) is 63.2 Å². The molecule has 1 aliphatic heterocycles. The molecule has 0 amide bonds. The predicted octanol–water partition coefficient (Wildman–Crippen LogP) is 2.08. The van der Waals surface area contributed by atoms with Crippen molar-refractivity contribution in [3.8, 4) is 23.1 Å². The third-order valence-electron chi connectivity index (χ3n) is 5.05. The summed E-state index contributed by atoms with van der Waals surface area (Å²) in [5.41, 5.74) is 2.96. The van der Waals surface area contributed by atoms with Crippen molar-refractivity contribution >= 4 is 5.71 Å². The highest BCUT2D eigenvalue weighted by Gasteiger charge is 2.29. The maximum absolute atomic E-state index is 12.6. The Morgan fingerprint density at radius 2 is 1.84 bits per heavy atom. The molecule has 9 heteroatoms. The van der Waals surface area contributed by atoms with Crippen LogP contribution < -0.4 is 26.1 Å². The third-order valence-corrected chi connectivity index (χ3v) is 5.05. The highest BCUT2D eigenvalue weighted by Crippen LogP contribution is 2.33. The number of aromatic amines is 1. The van der Waals surface area contributed by atoms with E-state index in [9.17, 15) is 14.7 Å². The topological polar surface area (TPSA) is 118 Å². The van der Waals surface area contributed by atoms with Gasteiger partial charge in [-0.1, -0.05) is 30.3 Å². The zero-order valence-electron chi connectivity index (χ0n) is 17.1. The zero-order chi connectivity index (χ0) is 22.0. The maximum atomic E-state index is 12.6. The number of hydrogen-bond acceptors (Lipinski definition) is 7. The van der Waals surface area contributed by atoms with Crippen molar-refractivity contribution < 1.29 is 14.6 Å². The smallest absolute Gasteiger partial charge is 0.335 e. The van der Waals surface area contributed by atoms with E-state index in [0.29, 0.717) is 30.2 Å². The summed E-state index contributed by atoms with van der Waals surface area (Å²) in [7, 11) is 1.46. The number of H-pyrrole nitrogens is 1. The fourth-order valence-corrected chi connectivity index (χ4v) is 3.66. The molecule has 0 fully saturated rings. The van der Waals surface area contributed by atoms with Crippen molar-refractivity contribution in [2.24, 2.45) is 5.10 Å². The predicted molar refractivity (Wildman–Crippen MR) is 116 cm³/mol. The van der Waals surface area contributed by atoms with E-state index in [1.54, 1.807) is 24.3 Å². The van der Waals surface area contributed by atoms with E-state index < -0.39 is 17.1 Å². The van der Waals surface area contributed by atoms with Gasteiger partial charge in [-0.2, -0.15) is 5.10 Å². The quantitative estimate of drug-likeness (QED) is 0.560. The molecule has 4 rings (SSSR count). The average molecular weight is 422 g/mol. The van der Waals surface area contributed by atoms with Crippen LogP contribution in [-0.2, 0) is 0 Å². The van der Waals surface area contributed by atoms with Crippen molar-refractivity contribution in [2.45, 2.75) is 19.4 Å². The Morgan fingerprint density at radius 3 is 2.58 bits per heavy atom. The Kier molecular flexibility index (Phi) is 5.48. The lowest BCUT2D eigenvalue weighted by atomic mass is 9.99. The Balaban J connectivity index is 1.75. The molecule has 0 aliphatic carbocycles. The Morgan fingerprint density at radius 1 is 1.13 bits per heavy atom. The first-order chi connectivity index (χ1) is 15.0. The van der Waals surface area contributed by atoms with Crippen molar-refractivity contribution in [3.05, 3.63) is 80.5 Å². The second kappa shape index (κ2) is 8.39. The third kappa shape index (κ3) is 3.65. The SMILES string of the molecule is CCOc1ccccc1C1CC(c2c(O)n(-c3ccccc3OC)c(=O)[nH]c2=O)=NN1. The Labute approximate surface area is 177 Å². The van der Waals surface area contributed by atoms with E-state index in [4.69, 9.17) is 9.47 Å². The van der Waals surface area contributed by atoms with Gasteiger partial charge in [-0.05, 0) is 25.1 Å². The number of hydrazone groups is 1. The summed E-state index contributed by atoms with van der Waals surface area (Å²) in [5.74, 6) is 0.585. The maximum Gasteiger partial charge on any atom is 0.335 e. The minimum Gasteiger partial charge on any atom is -0.495 e. The van der Waals surface area contributed by atoms with E-state index in [-0.39, 0.29) is 11.6 Å². The van der Waals surface area contributed by atoms with Gasteiger partial charge in [-0.3, -0.25) is 9.78 Å². The van der Waals surface area contributed by atoms with Crippen LogP contribution in [0.2, 0.25) is 0 Å². The molecular formula is C22H22N4O5. The monoisotopic (exact) mass is 422 g/mol. The zero-order valence-corrected chi connectivity index (χ0v) is 17.1. The van der Waals surface area contributed by atoms with Crippen LogP contribution in [0, 0.1) is 0 Å². The number of aromatic nitrogens is 2. The van der Waals surface area contributed by atoms with Gasteiger partial charge in [0.05, 0.1) is 31.2 Å². The molecule has 0 spiro atoms. The number of para-hydroxylation sites is 3. The van der Waals surface area contributed by atoms with Gasteiger partial charge in [0.15, 0.2) is 0 Å². The second-order valence-electron chi connectivity index (χ2n) is 6.88. The summed E-state index contributed by atoms with van der Waals surface area (Å²) < 4.78 is 12.0. The first-order valence-electron chi connectivity index (χ1n) is 9.81. The normalized spacial score (nSPS) is 15.3. The first-order valence-corrected chi connectivity index (χ1v) is 9.81. The second-order valence-corrected chi connectivity index (χ2v) is 6.88. The lowest BCUT2D eigenvalue weighted by Gasteiger charge is -2.16. The van der Waals surface area contributed by atoms with Gasteiger partial charge in [-0.15, -0.1) is 0 Å². The number of ether oxygens (including phenoxy) is 2. The van der Waals surface area contributed by atoms with Gasteiger partial charge in [0.2, 0.25) is 5.88 Å². The molecule has 0 saturated carbocycles. The summed E-state index contributed by atoms with van der Waals surface area (Å²) in [6, 6.07) is 14.0. The molecule has 1 aliphatic rings. The number of hydrogen-bond donors (Lipinski definition) is 3. The van der Waals surface area contributed by atoms with E-state index in [1.165, 1.54) is 7.11 Å². The number of nitrogens with zero attached hydrogens (tertiary/aromatic N) is 2. The molecule has 0 radical (unpaired) electrons. The average Bonchev–Trinajstić information content (AvgIpc) is 3.24. The first kappa shape index (κ1) is 20.3. The minimum atomic E-state index is -0.777. The lowest BCUT2D eigenvalue weighted by Crippen LogP contribution is -2.33. The molecule has 9 nitrogen and oxygen atoms in total. The van der Waals surface area contributed by atoms with Gasteiger partial charge in [0.25, 0.3) is 5.56 Å². The van der Waals surface area contributed by atoms with Crippen molar-refractivity contribution in [2.75, 3.05) is 13.7 Å². The molecule has 31 heavy (non-hydrogen) atoms. The molecule has 2 aromatic carbocycles. The van der Waals surface area contributed by atoms with Crippen molar-refractivity contribution in [3.63, 3.8) is 0 Å². The molecule has 1 aromatic heterocycles. The summed E-state index contributed by atoms with van der Waals surface area (Å²) in [5, 5.41) is 15.2. The van der Waals surface area contributed by atoms with Crippen LogP contribution in [0.3, 0.4) is 0 Å². The van der Waals surface area contributed by atoms with Crippen LogP contribution >= 0.6 is 0 Å². The fraction of sp³-hybridized carbons (Fsp3) is 0.227. The van der Waals surface area contributed by atoms with Gasteiger partial charge in [-0.25, -0.2) is 9.36 Å². The number of benzene rings is 2. The molecule has 3 N–H and O–H groups in total. The Hall–Kier alpha value is -4.01. The largest absolute Gasteiger partial charge is 0.495 e. The standard InChI is InChI=1S/C22H22N4O5/c1-3-31-17-10-6-4-8-13(17)14-12-15(25-24-14)19-20(27)23-22(29)26(21(19)28)16-9-5-7-11-18(16)30-2/h4-11,14,24,28H,3,12H2,1-2H3,(H,23,27,29). The van der Waals surface area contributed by atoms with Crippen molar-refractivity contribution in [1.82, 2.24) is 15.0 Å². The van der Waals surface area contributed by atoms with Crippen LogP contribution in [0.1, 0.15) is 30.5 Å². The summed E-state index contributed by atoms with van der Waals surface area (Å²) >= 11 is 0. The van der Waals surface area contributed by atoms with E-state index >= 15 is 0 Å². The fourth-order valence-electron chi connectivity index (χ4n) is 3.66. The molecule has 0 saturated heterocycles. The molecular weight excluding hydrogens is 400 g/mol. The number of methoxy groups -OCH3 is 1. The highest BCUT2D eigenvalue weighted by molar-refractivity contribution is 6.03. The highest BCUT2D eigenvalue weighted by atomic mass is 16.5. The summed E-state index contributed by atoms with van der Waals surface area (Å²) in [6.45, 7) is 2.42. The van der Waals surface area contributed by atoms with Crippen LogP contribution in [0.4, 0.5) is 0 Å². The molecule has 160 valence electrons. The molecule has 0 bridgehead atoms. The number of nitrogens with one attached hydrogen (secondary N) is 2. The van der Waals surface area contributed by atoms with Gasteiger partial charge in [0, 0.05) is 12.0 Å².